The fourth-order valence-corrected chi connectivity index (χ4v) is 2.61. The van der Waals surface area contributed by atoms with Crippen molar-refractivity contribution in [2.24, 2.45) is 0 Å². The molecular weight excluding hydrogens is 368 g/mol. The number of likely N-dealkylation sites (N-methyl/N-ethyl adjacent to an activating group) is 1. The van der Waals surface area contributed by atoms with E-state index in [-0.39, 0.29) is 24.9 Å². The first-order valence-corrected chi connectivity index (χ1v) is 8.71. The van der Waals surface area contributed by atoms with E-state index in [2.05, 4.69) is 15.6 Å². The fourth-order valence-electron chi connectivity index (χ4n) is 2.45. The Morgan fingerprint density at radius 2 is 1.81 bits per heavy atom. The number of nitrogens with zero attached hydrogens (tertiary/aromatic N) is 2. The number of hydrogen-bond donors (Lipinski definition) is 2. The number of anilines is 2. The Hall–Kier alpha value is -2.64. The van der Waals surface area contributed by atoms with Crippen LogP contribution in [0.25, 0.3) is 0 Å². The molecule has 0 unspecified atom stereocenters. The highest BCUT2D eigenvalue weighted by molar-refractivity contribution is 6.31. The highest BCUT2D eigenvalue weighted by Crippen LogP contribution is 2.30. The number of methoxy groups -OCH3 is 1. The summed E-state index contributed by atoms with van der Waals surface area (Å²) >= 11 is 6.07. The first-order valence-electron chi connectivity index (χ1n) is 8.33. The normalized spacial score (nSPS) is 10.6. The van der Waals surface area contributed by atoms with Gasteiger partial charge < -0.3 is 15.4 Å². The zero-order chi connectivity index (χ0) is 20.0. The smallest absolute Gasteiger partial charge is 0.239 e. The molecule has 0 radical (unpaired) electrons. The van der Waals surface area contributed by atoms with E-state index in [4.69, 9.17) is 16.3 Å². The minimum atomic E-state index is -0.265. The number of nitrogens with one attached hydrogen (secondary N) is 2. The summed E-state index contributed by atoms with van der Waals surface area (Å²) in [4.78, 5) is 30.1. The Bertz CT molecular complexity index is 842. The van der Waals surface area contributed by atoms with Gasteiger partial charge in [-0.1, -0.05) is 11.6 Å². The molecule has 0 aliphatic heterocycles. The summed E-state index contributed by atoms with van der Waals surface area (Å²) in [6.45, 7) is 3.85. The maximum absolute atomic E-state index is 12.3. The molecule has 0 aliphatic carbocycles. The number of halogens is 1. The van der Waals surface area contributed by atoms with Crippen molar-refractivity contribution in [2.45, 2.75) is 13.8 Å². The van der Waals surface area contributed by atoms with Gasteiger partial charge in [0.05, 0.1) is 25.9 Å². The molecule has 0 fully saturated rings. The van der Waals surface area contributed by atoms with Gasteiger partial charge in [-0.25, -0.2) is 4.98 Å². The summed E-state index contributed by atoms with van der Waals surface area (Å²) in [6, 6.07) is 7.02. The number of rotatable bonds is 7. The van der Waals surface area contributed by atoms with Crippen molar-refractivity contribution in [1.29, 1.82) is 0 Å². The molecule has 2 N–H and O–H groups in total. The lowest BCUT2D eigenvalue weighted by molar-refractivity contribution is -0.119. The number of aromatic nitrogens is 1. The van der Waals surface area contributed by atoms with Crippen LogP contribution < -0.4 is 15.4 Å². The first-order chi connectivity index (χ1) is 12.8. The molecule has 2 rings (SSSR count). The molecule has 2 aromatic rings. The monoisotopic (exact) mass is 390 g/mol. The Balaban J connectivity index is 1.90. The van der Waals surface area contributed by atoms with Crippen molar-refractivity contribution in [2.75, 3.05) is 37.9 Å². The molecule has 144 valence electrons. The first kappa shape index (κ1) is 20.7. The average molecular weight is 391 g/mol. The number of benzene rings is 1. The van der Waals surface area contributed by atoms with Gasteiger partial charge in [0.2, 0.25) is 11.8 Å². The van der Waals surface area contributed by atoms with Crippen molar-refractivity contribution in [1.82, 2.24) is 9.88 Å². The van der Waals surface area contributed by atoms with Crippen LogP contribution in [-0.2, 0) is 9.59 Å². The molecule has 27 heavy (non-hydrogen) atoms. The van der Waals surface area contributed by atoms with E-state index >= 15 is 0 Å². The SMILES string of the molecule is COc1cc(Cl)c(C)cc1NC(=O)CN(C)CC(=O)Nc1cc(C)ccn1. The number of ether oxygens (including phenoxy) is 1. The standard InChI is InChI=1S/C19H23ClN4O3/c1-12-5-6-21-17(7-12)23-19(26)11-24(3)10-18(25)22-15-8-13(2)14(20)9-16(15)27-4/h5-9H,10-11H2,1-4H3,(H,22,25)(H,21,23,26). The Morgan fingerprint density at radius 3 is 2.44 bits per heavy atom. The van der Waals surface area contributed by atoms with E-state index in [0.29, 0.717) is 22.3 Å². The highest BCUT2D eigenvalue weighted by atomic mass is 35.5. The maximum Gasteiger partial charge on any atom is 0.239 e. The summed E-state index contributed by atoms with van der Waals surface area (Å²) in [5, 5.41) is 6.05. The number of aryl methyl sites for hydroxylation is 2. The second-order valence-electron chi connectivity index (χ2n) is 6.29. The topological polar surface area (TPSA) is 83.6 Å². The molecule has 0 aliphatic rings. The minimum Gasteiger partial charge on any atom is -0.495 e. The van der Waals surface area contributed by atoms with Gasteiger partial charge in [-0.05, 0) is 50.2 Å². The van der Waals surface area contributed by atoms with E-state index in [0.717, 1.165) is 11.1 Å². The van der Waals surface area contributed by atoms with Crippen LogP contribution in [-0.4, -0.2) is 48.9 Å². The molecule has 0 saturated heterocycles. The molecule has 1 aromatic carbocycles. The van der Waals surface area contributed by atoms with Crippen molar-refractivity contribution < 1.29 is 14.3 Å². The van der Waals surface area contributed by atoms with Gasteiger partial charge in [0.15, 0.2) is 0 Å². The zero-order valence-corrected chi connectivity index (χ0v) is 16.6. The molecule has 8 heteroatoms. The molecule has 0 saturated carbocycles. The van der Waals surface area contributed by atoms with Gasteiger partial charge in [0.1, 0.15) is 11.6 Å². The second kappa shape index (κ2) is 9.34. The maximum atomic E-state index is 12.3. The lowest BCUT2D eigenvalue weighted by Gasteiger charge is -2.17. The zero-order valence-electron chi connectivity index (χ0n) is 15.8. The third kappa shape index (κ3) is 6.23. The summed E-state index contributed by atoms with van der Waals surface area (Å²) in [6.07, 6.45) is 1.63. The van der Waals surface area contributed by atoms with E-state index in [1.54, 1.807) is 36.3 Å². The Morgan fingerprint density at radius 1 is 1.15 bits per heavy atom. The van der Waals surface area contributed by atoms with Crippen LogP contribution in [0, 0.1) is 13.8 Å². The Labute approximate surface area is 163 Å². The van der Waals surface area contributed by atoms with E-state index in [9.17, 15) is 9.59 Å². The second-order valence-corrected chi connectivity index (χ2v) is 6.70. The van der Waals surface area contributed by atoms with E-state index in [1.165, 1.54) is 7.11 Å². The average Bonchev–Trinajstić information content (AvgIpc) is 2.57. The lowest BCUT2D eigenvalue weighted by Crippen LogP contribution is -2.36. The number of carbonyl (C=O) groups excluding carboxylic acids is 2. The van der Waals surface area contributed by atoms with Gasteiger partial charge in [-0.15, -0.1) is 0 Å². The van der Waals surface area contributed by atoms with Crippen LogP contribution in [0.5, 0.6) is 5.75 Å². The summed E-state index contributed by atoms with van der Waals surface area (Å²) in [5.74, 6) is 0.450. The lowest BCUT2D eigenvalue weighted by atomic mass is 10.2. The van der Waals surface area contributed by atoms with E-state index in [1.807, 2.05) is 19.9 Å². The molecule has 7 nitrogen and oxygen atoms in total. The van der Waals surface area contributed by atoms with Gasteiger partial charge >= 0.3 is 0 Å². The molecule has 0 bridgehead atoms. The fraction of sp³-hybridized carbons (Fsp3) is 0.316. The number of carbonyl (C=O) groups is 2. The number of pyridine rings is 1. The van der Waals surface area contributed by atoms with Crippen LogP contribution in [0.1, 0.15) is 11.1 Å². The summed E-state index contributed by atoms with van der Waals surface area (Å²) in [7, 11) is 3.19. The van der Waals surface area contributed by atoms with Crippen LogP contribution >= 0.6 is 11.6 Å². The number of hydrogen-bond acceptors (Lipinski definition) is 5. The predicted octanol–water partition coefficient (Wildman–Crippen LogP) is 2.87. The van der Waals surface area contributed by atoms with Crippen molar-refractivity contribution in [3.63, 3.8) is 0 Å². The highest BCUT2D eigenvalue weighted by Gasteiger charge is 2.14. The largest absolute Gasteiger partial charge is 0.495 e. The Kier molecular flexibility index (Phi) is 7.15. The molecule has 1 aromatic heterocycles. The van der Waals surface area contributed by atoms with Gasteiger partial charge in [-0.3, -0.25) is 14.5 Å². The van der Waals surface area contributed by atoms with Crippen LogP contribution in [0.3, 0.4) is 0 Å². The van der Waals surface area contributed by atoms with Crippen LogP contribution in [0.4, 0.5) is 11.5 Å². The van der Waals surface area contributed by atoms with Crippen LogP contribution in [0.15, 0.2) is 30.5 Å². The van der Waals surface area contributed by atoms with Crippen molar-refractivity contribution in [3.05, 3.63) is 46.6 Å². The summed E-state index contributed by atoms with van der Waals surface area (Å²) < 4.78 is 5.24. The molecule has 2 amide bonds. The van der Waals surface area contributed by atoms with Crippen molar-refractivity contribution >= 4 is 34.9 Å². The van der Waals surface area contributed by atoms with Gasteiger partial charge in [-0.2, -0.15) is 0 Å². The third-order valence-electron chi connectivity index (χ3n) is 3.76. The van der Waals surface area contributed by atoms with E-state index < -0.39 is 0 Å². The quantitative estimate of drug-likeness (QED) is 0.759. The third-order valence-corrected chi connectivity index (χ3v) is 4.17. The van der Waals surface area contributed by atoms with Crippen molar-refractivity contribution in [3.8, 4) is 5.75 Å². The number of amides is 2. The van der Waals surface area contributed by atoms with Crippen LogP contribution in [0.2, 0.25) is 5.02 Å². The minimum absolute atomic E-state index is 0.0412. The molecule has 1 heterocycles. The van der Waals surface area contributed by atoms with Gasteiger partial charge in [0.25, 0.3) is 0 Å². The summed E-state index contributed by atoms with van der Waals surface area (Å²) in [5.41, 5.74) is 2.36. The van der Waals surface area contributed by atoms with Gasteiger partial charge in [0, 0.05) is 17.3 Å². The molecular formula is C19H23ClN4O3. The predicted molar refractivity (Wildman–Crippen MR) is 106 cm³/mol. The molecule has 0 spiro atoms. The molecule has 0 atom stereocenters.